The second-order valence-corrected chi connectivity index (χ2v) is 6.52. The van der Waals surface area contributed by atoms with E-state index in [1.165, 1.54) is 24.0 Å². The molecule has 0 bridgehead atoms. The summed E-state index contributed by atoms with van der Waals surface area (Å²) in [6.45, 7) is 1.82. The first-order valence-corrected chi connectivity index (χ1v) is 9.31. The number of cyclic esters (lactones) is 1. The maximum atomic E-state index is 14.5. The monoisotopic (exact) mass is 411 g/mol. The predicted molar refractivity (Wildman–Crippen MR) is 112 cm³/mol. The lowest BCUT2D eigenvalue weighted by molar-refractivity contribution is -0.119. The minimum Gasteiger partial charge on any atom is -0.442 e. The third-order valence-electron chi connectivity index (χ3n) is 4.37. The number of benzene rings is 1. The summed E-state index contributed by atoms with van der Waals surface area (Å²) in [7, 11) is 1.65. The Morgan fingerprint density at radius 2 is 2.23 bits per heavy atom. The van der Waals surface area contributed by atoms with Gasteiger partial charge in [-0.05, 0) is 36.4 Å². The molecule has 0 radical (unpaired) electrons. The van der Waals surface area contributed by atoms with E-state index in [0.29, 0.717) is 17.1 Å². The van der Waals surface area contributed by atoms with Crippen LogP contribution in [0.2, 0.25) is 0 Å². The van der Waals surface area contributed by atoms with Gasteiger partial charge in [0, 0.05) is 26.4 Å². The number of nitrogens with zero attached hydrogens (tertiary/aromatic N) is 3. The predicted octanol–water partition coefficient (Wildman–Crippen LogP) is 2.73. The summed E-state index contributed by atoms with van der Waals surface area (Å²) in [5.74, 6) is -0.735. The molecule has 0 unspecified atom stereocenters. The van der Waals surface area contributed by atoms with Crippen molar-refractivity contribution < 1.29 is 18.7 Å². The van der Waals surface area contributed by atoms with E-state index in [1.807, 2.05) is 18.2 Å². The quantitative estimate of drug-likeness (QED) is 0.683. The van der Waals surface area contributed by atoms with Gasteiger partial charge >= 0.3 is 6.09 Å². The molecule has 9 heteroatoms. The number of carbonyl (C=O) groups excluding carboxylic acids is 2. The molecule has 3 rings (SSSR count). The molecule has 1 saturated heterocycles. The van der Waals surface area contributed by atoms with Crippen LogP contribution in [-0.4, -0.2) is 48.9 Å². The SMILES string of the molecule is CN=C(C=CNc1ccc(N2C[C@H](CNC(C)=O)OC2=O)cc1F)c1ccccn1. The van der Waals surface area contributed by atoms with Crippen LogP contribution in [0.5, 0.6) is 0 Å². The Hall–Kier alpha value is -3.75. The van der Waals surface area contributed by atoms with Gasteiger partial charge in [0.25, 0.3) is 0 Å². The van der Waals surface area contributed by atoms with Crippen molar-refractivity contribution in [1.29, 1.82) is 0 Å². The molecule has 156 valence electrons. The third-order valence-corrected chi connectivity index (χ3v) is 4.37. The van der Waals surface area contributed by atoms with Crippen LogP contribution in [0.4, 0.5) is 20.6 Å². The number of anilines is 2. The maximum Gasteiger partial charge on any atom is 0.414 e. The Bertz CT molecular complexity index is 978. The van der Waals surface area contributed by atoms with E-state index in [-0.39, 0.29) is 24.7 Å². The molecule has 2 heterocycles. The van der Waals surface area contributed by atoms with Gasteiger partial charge in [0.2, 0.25) is 5.91 Å². The fourth-order valence-corrected chi connectivity index (χ4v) is 2.88. The first kappa shape index (κ1) is 21.0. The summed E-state index contributed by atoms with van der Waals surface area (Å²) < 4.78 is 19.7. The van der Waals surface area contributed by atoms with E-state index in [2.05, 4.69) is 20.6 Å². The number of pyridine rings is 1. The number of amides is 2. The fourth-order valence-electron chi connectivity index (χ4n) is 2.88. The zero-order valence-electron chi connectivity index (χ0n) is 16.6. The van der Waals surface area contributed by atoms with Crippen LogP contribution in [0.25, 0.3) is 0 Å². The molecule has 1 aliphatic heterocycles. The largest absolute Gasteiger partial charge is 0.442 e. The molecular weight excluding hydrogens is 389 g/mol. The number of rotatable bonds is 7. The number of aromatic nitrogens is 1. The molecule has 1 fully saturated rings. The summed E-state index contributed by atoms with van der Waals surface area (Å²) in [6, 6.07) is 9.91. The molecule has 2 aromatic rings. The van der Waals surface area contributed by atoms with Gasteiger partial charge in [-0.25, -0.2) is 9.18 Å². The molecule has 1 atom stereocenters. The second kappa shape index (κ2) is 9.64. The fraction of sp³-hybridized carbons (Fsp3) is 0.238. The minimum atomic E-state index is -0.579. The molecule has 0 aliphatic carbocycles. The number of halogens is 1. The van der Waals surface area contributed by atoms with Gasteiger partial charge in [0.05, 0.1) is 35.9 Å². The average Bonchev–Trinajstić information content (AvgIpc) is 3.12. The van der Waals surface area contributed by atoms with Crippen molar-refractivity contribution in [1.82, 2.24) is 10.3 Å². The normalized spacial score (nSPS) is 16.6. The molecule has 8 nitrogen and oxygen atoms in total. The Labute approximate surface area is 173 Å². The van der Waals surface area contributed by atoms with Gasteiger partial charge in [-0.3, -0.25) is 19.7 Å². The number of hydrogen-bond donors (Lipinski definition) is 2. The van der Waals surface area contributed by atoms with Crippen LogP contribution >= 0.6 is 0 Å². The van der Waals surface area contributed by atoms with Crippen LogP contribution in [0.15, 0.2) is 59.9 Å². The summed E-state index contributed by atoms with van der Waals surface area (Å²) in [4.78, 5) is 32.8. The topological polar surface area (TPSA) is 95.9 Å². The van der Waals surface area contributed by atoms with Gasteiger partial charge in [-0.15, -0.1) is 0 Å². The van der Waals surface area contributed by atoms with Crippen LogP contribution < -0.4 is 15.5 Å². The van der Waals surface area contributed by atoms with Crippen LogP contribution in [0.1, 0.15) is 12.6 Å². The van der Waals surface area contributed by atoms with Crippen molar-refractivity contribution in [2.24, 2.45) is 4.99 Å². The Kier molecular flexibility index (Phi) is 6.74. The minimum absolute atomic E-state index is 0.210. The molecule has 2 N–H and O–H groups in total. The van der Waals surface area contributed by atoms with Crippen molar-refractivity contribution in [3.63, 3.8) is 0 Å². The lowest BCUT2D eigenvalue weighted by Gasteiger charge is -2.14. The van der Waals surface area contributed by atoms with E-state index in [0.717, 1.165) is 0 Å². The molecule has 0 spiro atoms. The Morgan fingerprint density at radius 1 is 1.40 bits per heavy atom. The Balaban J connectivity index is 1.64. The highest BCUT2D eigenvalue weighted by molar-refractivity contribution is 6.07. The molecule has 1 aliphatic rings. The van der Waals surface area contributed by atoms with Gasteiger partial charge in [-0.1, -0.05) is 6.07 Å². The highest BCUT2D eigenvalue weighted by atomic mass is 19.1. The maximum absolute atomic E-state index is 14.5. The zero-order chi connectivity index (χ0) is 21.5. The van der Waals surface area contributed by atoms with Crippen molar-refractivity contribution >= 4 is 29.1 Å². The van der Waals surface area contributed by atoms with E-state index < -0.39 is 18.0 Å². The summed E-state index contributed by atoms with van der Waals surface area (Å²) in [6.07, 6.45) is 3.88. The number of allylic oxidation sites excluding steroid dienone is 1. The molecular formula is C21H22FN5O3. The van der Waals surface area contributed by atoms with Gasteiger partial charge in [0.15, 0.2) is 0 Å². The van der Waals surface area contributed by atoms with Gasteiger partial charge in [-0.2, -0.15) is 0 Å². The second-order valence-electron chi connectivity index (χ2n) is 6.52. The number of nitrogens with one attached hydrogen (secondary N) is 2. The smallest absolute Gasteiger partial charge is 0.414 e. The molecule has 2 amide bonds. The van der Waals surface area contributed by atoms with Crippen LogP contribution in [-0.2, 0) is 9.53 Å². The summed E-state index contributed by atoms with van der Waals surface area (Å²) in [5.41, 5.74) is 1.97. The van der Waals surface area contributed by atoms with E-state index in [9.17, 15) is 14.0 Å². The molecule has 0 saturated carbocycles. The van der Waals surface area contributed by atoms with Crippen molar-refractivity contribution in [2.75, 3.05) is 30.4 Å². The zero-order valence-corrected chi connectivity index (χ0v) is 16.6. The highest BCUT2D eigenvalue weighted by Gasteiger charge is 2.32. The first-order valence-electron chi connectivity index (χ1n) is 9.31. The Morgan fingerprint density at radius 3 is 2.90 bits per heavy atom. The average molecular weight is 411 g/mol. The molecule has 1 aromatic heterocycles. The lowest BCUT2D eigenvalue weighted by atomic mass is 10.2. The molecule has 30 heavy (non-hydrogen) atoms. The first-order chi connectivity index (χ1) is 14.5. The van der Waals surface area contributed by atoms with E-state index in [4.69, 9.17) is 4.74 Å². The highest BCUT2D eigenvalue weighted by Crippen LogP contribution is 2.26. The lowest BCUT2D eigenvalue weighted by Crippen LogP contribution is -2.33. The number of hydrogen-bond acceptors (Lipinski definition) is 6. The number of carbonyl (C=O) groups is 2. The van der Waals surface area contributed by atoms with Gasteiger partial charge < -0.3 is 15.4 Å². The third kappa shape index (κ3) is 5.19. The van der Waals surface area contributed by atoms with E-state index >= 15 is 0 Å². The van der Waals surface area contributed by atoms with Crippen molar-refractivity contribution in [3.8, 4) is 0 Å². The van der Waals surface area contributed by atoms with Crippen molar-refractivity contribution in [2.45, 2.75) is 13.0 Å². The standard InChI is InChI=1S/C21H22FN5O3/c1-14(28)26-12-16-13-27(21(29)30-16)15-6-7-18(17(22)11-15)25-10-8-19(23-2)20-5-3-4-9-24-20/h3-11,16,25H,12-13H2,1-2H3,(H,26,28)/t16-/m0/s1. The van der Waals surface area contributed by atoms with Crippen LogP contribution in [0, 0.1) is 5.82 Å². The van der Waals surface area contributed by atoms with Crippen molar-refractivity contribution in [3.05, 3.63) is 66.4 Å². The molecule has 1 aromatic carbocycles. The number of ether oxygens (including phenoxy) is 1. The van der Waals surface area contributed by atoms with Crippen LogP contribution in [0.3, 0.4) is 0 Å². The van der Waals surface area contributed by atoms with E-state index in [1.54, 1.807) is 31.6 Å². The summed E-state index contributed by atoms with van der Waals surface area (Å²) in [5, 5.41) is 5.47. The number of aliphatic imine (C=N–C) groups is 1. The summed E-state index contributed by atoms with van der Waals surface area (Å²) >= 11 is 0. The van der Waals surface area contributed by atoms with Gasteiger partial charge in [0.1, 0.15) is 11.9 Å².